The molecule has 1 fully saturated rings. The van der Waals surface area contributed by atoms with Crippen LogP contribution in [-0.2, 0) is 16.6 Å². The highest BCUT2D eigenvalue weighted by Gasteiger charge is 2.28. The molecule has 1 saturated heterocycles. The van der Waals surface area contributed by atoms with Crippen LogP contribution in [0.1, 0.15) is 12.8 Å². The molecule has 1 atom stereocenters. The fraction of sp³-hybridized carbons (Fsp3) is 0.364. The first kappa shape index (κ1) is 11.4. The van der Waals surface area contributed by atoms with Gasteiger partial charge in [-0.05, 0) is 6.07 Å². The fourth-order valence-corrected chi connectivity index (χ4v) is 1.59. The summed E-state index contributed by atoms with van der Waals surface area (Å²) in [5, 5.41) is 2.20. The van der Waals surface area contributed by atoms with Crippen molar-refractivity contribution in [2.45, 2.75) is 18.9 Å². The van der Waals surface area contributed by atoms with Crippen LogP contribution in [0.2, 0.25) is 0 Å². The summed E-state index contributed by atoms with van der Waals surface area (Å²) in [4.78, 5) is 33.5. The number of hydrogen-bond acceptors (Lipinski definition) is 4. The molecule has 2 amide bonds. The molecule has 1 aromatic rings. The van der Waals surface area contributed by atoms with Crippen LogP contribution in [0.15, 0.2) is 23.1 Å². The van der Waals surface area contributed by atoms with E-state index in [4.69, 9.17) is 4.74 Å². The monoisotopic (exact) mass is 236 g/mol. The minimum Gasteiger partial charge on any atom is -0.479 e. The van der Waals surface area contributed by atoms with Crippen molar-refractivity contribution in [3.8, 4) is 5.75 Å². The van der Waals surface area contributed by atoms with Gasteiger partial charge in [0.25, 0.3) is 5.91 Å². The lowest BCUT2D eigenvalue weighted by atomic mass is 10.1. The molecular formula is C11H12N2O4. The average molecular weight is 236 g/mol. The number of carbonyl (C=O) groups is 2. The predicted molar refractivity (Wildman–Crippen MR) is 58.5 cm³/mol. The molecule has 0 saturated carbocycles. The van der Waals surface area contributed by atoms with E-state index in [1.807, 2.05) is 0 Å². The van der Waals surface area contributed by atoms with Gasteiger partial charge in [-0.15, -0.1) is 0 Å². The molecule has 0 radical (unpaired) electrons. The van der Waals surface area contributed by atoms with Crippen molar-refractivity contribution < 1.29 is 14.3 Å². The smallest absolute Gasteiger partial charge is 0.267 e. The summed E-state index contributed by atoms with van der Waals surface area (Å²) in [7, 11) is 1.60. The van der Waals surface area contributed by atoms with E-state index in [1.54, 1.807) is 7.05 Å². The summed E-state index contributed by atoms with van der Waals surface area (Å²) >= 11 is 0. The summed E-state index contributed by atoms with van der Waals surface area (Å²) in [6.45, 7) is 0. The normalized spacial score (nSPS) is 19.9. The van der Waals surface area contributed by atoms with Crippen molar-refractivity contribution >= 4 is 11.8 Å². The SMILES string of the molecule is Cn1cc(OC2CCC(=O)NC2=O)ccc1=O. The van der Waals surface area contributed by atoms with E-state index in [9.17, 15) is 14.4 Å². The third-order valence-corrected chi connectivity index (χ3v) is 2.53. The standard InChI is InChI=1S/C11H12N2O4/c1-13-6-7(2-5-10(13)15)17-8-3-4-9(14)12-11(8)16/h2,5-6,8H,3-4H2,1H3,(H,12,14,16). The molecule has 0 aliphatic carbocycles. The number of hydrogen-bond donors (Lipinski definition) is 1. The molecular weight excluding hydrogens is 224 g/mol. The number of imide groups is 1. The Morgan fingerprint density at radius 1 is 1.35 bits per heavy atom. The molecule has 90 valence electrons. The fourth-order valence-electron chi connectivity index (χ4n) is 1.59. The summed E-state index contributed by atoms with van der Waals surface area (Å²) in [6.07, 6.45) is 1.45. The number of ether oxygens (including phenoxy) is 1. The van der Waals surface area contributed by atoms with Crippen molar-refractivity contribution in [1.82, 2.24) is 9.88 Å². The van der Waals surface area contributed by atoms with Crippen LogP contribution >= 0.6 is 0 Å². The number of amides is 2. The Kier molecular flexibility index (Phi) is 2.95. The number of nitrogens with one attached hydrogen (secondary N) is 1. The molecule has 6 nitrogen and oxygen atoms in total. The molecule has 0 spiro atoms. The van der Waals surface area contributed by atoms with Crippen LogP contribution in [0.4, 0.5) is 0 Å². The van der Waals surface area contributed by atoms with Gasteiger partial charge in [0.15, 0.2) is 6.10 Å². The third-order valence-electron chi connectivity index (χ3n) is 2.53. The lowest BCUT2D eigenvalue weighted by Gasteiger charge is -2.21. The van der Waals surface area contributed by atoms with Crippen LogP contribution < -0.4 is 15.6 Å². The van der Waals surface area contributed by atoms with E-state index >= 15 is 0 Å². The van der Waals surface area contributed by atoms with E-state index in [0.29, 0.717) is 12.2 Å². The number of nitrogens with zero attached hydrogens (tertiary/aromatic N) is 1. The number of aromatic nitrogens is 1. The first-order valence-corrected chi connectivity index (χ1v) is 5.23. The van der Waals surface area contributed by atoms with E-state index in [0.717, 1.165) is 0 Å². The highest BCUT2D eigenvalue weighted by Crippen LogP contribution is 2.14. The Bertz CT molecular complexity index is 520. The van der Waals surface area contributed by atoms with E-state index in [1.165, 1.54) is 22.9 Å². The zero-order valence-electron chi connectivity index (χ0n) is 9.30. The van der Waals surface area contributed by atoms with Gasteiger partial charge in [0.1, 0.15) is 5.75 Å². The van der Waals surface area contributed by atoms with Crippen LogP contribution in [0, 0.1) is 0 Å². The van der Waals surface area contributed by atoms with Gasteiger partial charge < -0.3 is 9.30 Å². The van der Waals surface area contributed by atoms with E-state index < -0.39 is 12.0 Å². The van der Waals surface area contributed by atoms with Crippen molar-refractivity contribution in [2.75, 3.05) is 0 Å². The Hall–Kier alpha value is -2.11. The van der Waals surface area contributed by atoms with Gasteiger partial charge in [-0.2, -0.15) is 0 Å². The third kappa shape index (κ3) is 2.52. The topological polar surface area (TPSA) is 77.4 Å². The summed E-state index contributed by atoms with van der Waals surface area (Å²) in [5.74, 6) is -0.285. The van der Waals surface area contributed by atoms with Gasteiger partial charge in [-0.25, -0.2) is 0 Å². The maximum absolute atomic E-state index is 11.4. The lowest BCUT2D eigenvalue weighted by molar-refractivity contribution is -0.138. The first-order valence-electron chi connectivity index (χ1n) is 5.23. The van der Waals surface area contributed by atoms with E-state index in [-0.39, 0.29) is 17.9 Å². The zero-order valence-corrected chi connectivity index (χ0v) is 9.30. The minimum absolute atomic E-state index is 0.152. The number of piperidine rings is 1. The number of aryl methyl sites for hydroxylation is 1. The number of rotatable bonds is 2. The maximum atomic E-state index is 11.4. The first-order chi connectivity index (χ1) is 8.06. The van der Waals surface area contributed by atoms with Crippen LogP contribution in [0.5, 0.6) is 5.75 Å². The highest BCUT2D eigenvalue weighted by atomic mass is 16.5. The van der Waals surface area contributed by atoms with Gasteiger partial charge >= 0.3 is 0 Å². The van der Waals surface area contributed by atoms with Crippen LogP contribution in [-0.4, -0.2) is 22.5 Å². The number of carbonyl (C=O) groups excluding carboxylic acids is 2. The Balaban J connectivity index is 2.10. The molecule has 0 aromatic carbocycles. The molecule has 0 bridgehead atoms. The van der Waals surface area contributed by atoms with E-state index in [2.05, 4.69) is 5.32 Å². The molecule has 1 aromatic heterocycles. The van der Waals surface area contributed by atoms with Gasteiger partial charge in [0.05, 0.1) is 0 Å². The quantitative estimate of drug-likeness (QED) is 0.707. The summed E-state index contributed by atoms with van der Waals surface area (Å²) in [6, 6.07) is 2.87. The van der Waals surface area contributed by atoms with Crippen molar-refractivity contribution in [3.63, 3.8) is 0 Å². The zero-order chi connectivity index (χ0) is 12.4. The maximum Gasteiger partial charge on any atom is 0.267 e. The molecule has 6 heteroatoms. The van der Waals surface area contributed by atoms with Crippen molar-refractivity contribution in [2.24, 2.45) is 7.05 Å². The average Bonchev–Trinajstić information content (AvgIpc) is 2.27. The summed E-state index contributed by atoms with van der Waals surface area (Å²) in [5.41, 5.74) is -0.152. The largest absolute Gasteiger partial charge is 0.479 e. The molecule has 2 heterocycles. The van der Waals surface area contributed by atoms with Crippen molar-refractivity contribution in [1.29, 1.82) is 0 Å². The van der Waals surface area contributed by atoms with Gasteiger partial charge in [-0.3, -0.25) is 19.7 Å². The second-order valence-electron chi connectivity index (χ2n) is 3.87. The summed E-state index contributed by atoms with van der Waals surface area (Å²) < 4.78 is 6.79. The van der Waals surface area contributed by atoms with Gasteiger partial charge in [0, 0.05) is 32.2 Å². The Morgan fingerprint density at radius 2 is 2.12 bits per heavy atom. The Labute approximate surface area is 97.2 Å². The lowest BCUT2D eigenvalue weighted by Crippen LogP contribution is -2.46. The minimum atomic E-state index is -0.676. The molecule has 1 aliphatic rings. The molecule has 17 heavy (non-hydrogen) atoms. The van der Waals surface area contributed by atoms with Crippen LogP contribution in [0.3, 0.4) is 0 Å². The second-order valence-corrected chi connectivity index (χ2v) is 3.87. The van der Waals surface area contributed by atoms with Gasteiger partial charge in [-0.1, -0.05) is 0 Å². The van der Waals surface area contributed by atoms with Crippen LogP contribution in [0.25, 0.3) is 0 Å². The molecule has 1 N–H and O–H groups in total. The Morgan fingerprint density at radius 3 is 2.76 bits per heavy atom. The highest BCUT2D eigenvalue weighted by molar-refractivity contribution is 5.99. The van der Waals surface area contributed by atoms with Gasteiger partial charge in [0.2, 0.25) is 11.5 Å². The predicted octanol–water partition coefficient (Wildman–Crippen LogP) is -0.431. The molecule has 1 unspecified atom stereocenters. The molecule has 2 rings (SSSR count). The molecule has 1 aliphatic heterocycles. The number of pyridine rings is 1. The van der Waals surface area contributed by atoms with Crippen molar-refractivity contribution in [3.05, 3.63) is 28.7 Å². The second kappa shape index (κ2) is 4.40.